The van der Waals surface area contributed by atoms with Crippen molar-refractivity contribution in [3.8, 4) is 0 Å². The number of amides is 1. The standard InChI is InChI=1S/C13H16N4O2/c1-8-6-12(19-16-8)13(18)15-10-4-3-5-11-9(10)7-14-17(11)2/h6-7,10H,3-5H2,1-2H3,(H,15,18)/t10-/m1/s1. The van der Waals surface area contributed by atoms with Gasteiger partial charge in [0.1, 0.15) is 0 Å². The van der Waals surface area contributed by atoms with Crippen molar-refractivity contribution in [3.05, 3.63) is 35.0 Å². The summed E-state index contributed by atoms with van der Waals surface area (Å²) >= 11 is 0. The number of hydrogen-bond donors (Lipinski definition) is 1. The molecule has 6 heteroatoms. The van der Waals surface area contributed by atoms with Gasteiger partial charge in [-0.15, -0.1) is 0 Å². The minimum absolute atomic E-state index is 0.00959. The van der Waals surface area contributed by atoms with Crippen LogP contribution in [-0.2, 0) is 13.5 Å². The van der Waals surface area contributed by atoms with Crippen LogP contribution in [0, 0.1) is 6.92 Å². The average Bonchev–Trinajstić information content (AvgIpc) is 2.98. The first kappa shape index (κ1) is 12.0. The number of aromatic nitrogens is 3. The lowest BCUT2D eigenvalue weighted by Gasteiger charge is -2.23. The summed E-state index contributed by atoms with van der Waals surface area (Å²) in [5.41, 5.74) is 3.01. The van der Waals surface area contributed by atoms with Crippen LogP contribution < -0.4 is 5.32 Å². The van der Waals surface area contributed by atoms with Gasteiger partial charge in [0.2, 0.25) is 5.76 Å². The quantitative estimate of drug-likeness (QED) is 0.888. The molecule has 0 fully saturated rings. The zero-order valence-corrected chi connectivity index (χ0v) is 11.0. The molecule has 2 aromatic heterocycles. The third kappa shape index (κ3) is 2.14. The Morgan fingerprint density at radius 3 is 3.16 bits per heavy atom. The van der Waals surface area contributed by atoms with Crippen LogP contribution >= 0.6 is 0 Å². The molecule has 1 N–H and O–H groups in total. The monoisotopic (exact) mass is 260 g/mol. The summed E-state index contributed by atoms with van der Waals surface area (Å²) in [4.78, 5) is 12.1. The molecule has 3 rings (SSSR count). The minimum Gasteiger partial charge on any atom is -0.351 e. The fourth-order valence-electron chi connectivity index (χ4n) is 2.56. The van der Waals surface area contributed by atoms with E-state index in [0.29, 0.717) is 5.69 Å². The molecule has 0 radical (unpaired) electrons. The summed E-state index contributed by atoms with van der Waals surface area (Å²) in [5, 5.41) is 11.0. The Morgan fingerprint density at radius 2 is 2.42 bits per heavy atom. The zero-order valence-electron chi connectivity index (χ0n) is 11.0. The summed E-state index contributed by atoms with van der Waals surface area (Å²) in [6, 6.07) is 1.65. The van der Waals surface area contributed by atoms with Crippen molar-refractivity contribution in [2.75, 3.05) is 0 Å². The number of aryl methyl sites for hydroxylation is 2. The molecule has 0 saturated heterocycles. The predicted octanol–water partition coefficient (Wildman–Crippen LogP) is 1.52. The van der Waals surface area contributed by atoms with Gasteiger partial charge in [-0.25, -0.2) is 0 Å². The predicted molar refractivity (Wildman–Crippen MR) is 67.6 cm³/mol. The third-order valence-electron chi connectivity index (χ3n) is 3.53. The maximum Gasteiger partial charge on any atom is 0.290 e. The van der Waals surface area contributed by atoms with Crippen molar-refractivity contribution in [1.29, 1.82) is 0 Å². The average molecular weight is 260 g/mol. The van der Waals surface area contributed by atoms with Gasteiger partial charge in [-0.05, 0) is 26.2 Å². The molecule has 0 bridgehead atoms. The smallest absolute Gasteiger partial charge is 0.290 e. The van der Waals surface area contributed by atoms with E-state index in [1.54, 1.807) is 13.0 Å². The van der Waals surface area contributed by atoms with Crippen LogP contribution in [0.15, 0.2) is 16.8 Å². The van der Waals surface area contributed by atoms with E-state index >= 15 is 0 Å². The molecule has 1 amide bonds. The molecule has 19 heavy (non-hydrogen) atoms. The maximum absolute atomic E-state index is 12.1. The van der Waals surface area contributed by atoms with Crippen LogP contribution in [0.5, 0.6) is 0 Å². The van der Waals surface area contributed by atoms with E-state index in [-0.39, 0.29) is 17.7 Å². The summed E-state index contributed by atoms with van der Waals surface area (Å²) in [6.45, 7) is 1.79. The molecule has 0 spiro atoms. The number of rotatable bonds is 2. The molecule has 0 aromatic carbocycles. The molecule has 1 atom stereocenters. The van der Waals surface area contributed by atoms with E-state index in [4.69, 9.17) is 4.52 Å². The second-order valence-electron chi connectivity index (χ2n) is 4.92. The highest BCUT2D eigenvalue weighted by Gasteiger charge is 2.26. The van der Waals surface area contributed by atoms with E-state index in [1.807, 2.05) is 17.9 Å². The number of carbonyl (C=O) groups excluding carboxylic acids is 1. The number of carbonyl (C=O) groups is 1. The third-order valence-corrected chi connectivity index (χ3v) is 3.53. The second-order valence-corrected chi connectivity index (χ2v) is 4.92. The van der Waals surface area contributed by atoms with Crippen molar-refractivity contribution in [3.63, 3.8) is 0 Å². The highest BCUT2D eigenvalue weighted by atomic mass is 16.5. The van der Waals surface area contributed by atoms with Crippen LogP contribution in [0.1, 0.15) is 46.4 Å². The molecule has 2 heterocycles. The first-order valence-electron chi connectivity index (χ1n) is 6.40. The molecule has 1 aliphatic carbocycles. The van der Waals surface area contributed by atoms with E-state index in [1.165, 1.54) is 5.69 Å². The lowest BCUT2D eigenvalue weighted by atomic mass is 9.93. The van der Waals surface area contributed by atoms with Gasteiger partial charge < -0.3 is 9.84 Å². The van der Waals surface area contributed by atoms with Gasteiger partial charge in [-0.1, -0.05) is 5.16 Å². The van der Waals surface area contributed by atoms with Crippen LogP contribution in [-0.4, -0.2) is 20.8 Å². The Kier molecular flexibility index (Phi) is 2.85. The minimum atomic E-state index is -0.220. The van der Waals surface area contributed by atoms with E-state index < -0.39 is 0 Å². The first-order chi connectivity index (χ1) is 9.15. The van der Waals surface area contributed by atoms with Crippen molar-refractivity contribution < 1.29 is 9.32 Å². The Labute approximate surface area is 110 Å². The van der Waals surface area contributed by atoms with Gasteiger partial charge >= 0.3 is 0 Å². The first-order valence-corrected chi connectivity index (χ1v) is 6.40. The molecule has 0 saturated carbocycles. The van der Waals surface area contributed by atoms with Crippen molar-refractivity contribution in [1.82, 2.24) is 20.3 Å². The van der Waals surface area contributed by atoms with Crippen LogP contribution in [0.3, 0.4) is 0 Å². The zero-order chi connectivity index (χ0) is 13.4. The molecule has 2 aromatic rings. The molecule has 1 aliphatic rings. The van der Waals surface area contributed by atoms with E-state index in [2.05, 4.69) is 15.6 Å². The van der Waals surface area contributed by atoms with Crippen molar-refractivity contribution in [2.24, 2.45) is 7.05 Å². The van der Waals surface area contributed by atoms with Gasteiger partial charge in [0.15, 0.2) is 0 Å². The fourth-order valence-corrected chi connectivity index (χ4v) is 2.56. The summed E-state index contributed by atoms with van der Waals surface area (Å²) in [5.74, 6) is 0.0378. The highest BCUT2D eigenvalue weighted by Crippen LogP contribution is 2.29. The topological polar surface area (TPSA) is 73.0 Å². The van der Waals surface area contributed by atoms with Gasteiger partial charge in [-0.2, -0.15) is 5.10 Å². The van der Waals surface area contributed by atoms with Crippen LogP contribution in [0.4, 0.5) is 0 Å². The summed E-state index contributed by atoms with van der Waals surface area (Å²) < 4.78 is 6.86. The Bertz CT molecular complexity index is 614. The fraction of sp³-hybridized carbons (Fsp3) is 0.462. The SMILES string of the molecule is Cc1cc(C(=O)N[C@@H]2CCCc3c2cnn3C)on1. The van der Waals surface area contributed by atoms with Gasteiger partial charge in [0.25, 0.3) is 5.91 Å². The van der Waals surface area contributed by atoms with Crippen molar-refractivity contribution >= 4 is 5.91 Å². The lowest BCUT2D eigenvalue weighted by molar-refractivity contribution is 0.0895. The van der Waals surface area contributed by atoms with Crippen LogP contribution in [0.25, 0.3) is 0 Å². The van der Waals surface area contributed by atoms with Crippen molar-refractivity contribution in [2.45, 2.75) is 32.2 Å². The highest BCUT2D eigenvalue weighted by molar-refractivity contribution is 5.91. The number of fused-ring (bicyclic) bond motifs is 1. The van der Waals surface area contributed by atoms with E-state index in [9.17, 15) is 4.79 Å². The Hall–Kier alpha value is -2.11. The molecular formula is C13H16N4O2. The molecular weight excluding hydrogens is 244 g/mol. The maximum atomic E-state index is 12.1. The van der Waals surface area contributed by atoms with Gasteiger partial charge in [0, 0.05) is 24.4 Å². The molecule has 0 aliphatic heterocycles. The summed E-state index contributed by atoms with van der Waals surface area (Å²) in [7, 11) is 1.93. The molecule has 6 nitrogen and oxygen atoms in total. The number of nitrogens with one attached hydrogen (secondary N) is 1. The van der Waals surface area contributed by atoms with Crippen LogP contribution in [0.2, 0.25) is 0 Å². The summed E-state index contributed by atoms with van der Waals surface area (Å²) in [6.07, 6.45) is 4.83. The second kappa shape index (κ2) is 4.53. The normalized spacial score (nSPS) is 18.1. The number of nitrogens with zero attached hydrogens (tertiary/aromatic N) is 3. The molecule has 0 unspecified atom stereocenters. The number of hydrogen-bond acceptors (Lipinski definition) is 4. The Balaban J connectivity index is 1.79. The largest absolute Gasteiger partial charge is 0.351 e. The molecule has 100 valence electrons. The van der Waals surface area contributed by atoms with Gasteiger partial charge in [-0.3, -0.25) is 9.48 Å². The van der Waals surface area contributed by atoms with E-state index in [0.717, 1.165) is 24.8 Å². The lowest BCUT2D eigenvalue weighted by Crippen LogP contribution is -2.30. The Morgan fingerprint density at radius 1 is 1.58 bits per heavy atom. The van der Waals surface area contributed by atoms with Gasteiger partial charge in [0.05, 0.1) is 17.9 Å².